The molecule has 128 valence electrons. The van der Waals surface area contributed by atoms with Crippen LogP contribution in [0.4, 0.5) is 11.4 Å². The van der Waals surface area contributed by atoms with Gasteiger partial charge in [0.25, 0.3) is 0 Å². The maximum atomic E-state index is 12.2. The number of hydrogen-bond acceptors (Lipinski definition) is 3. The van der Waals surface area contributed by atoms with E-state index in [0.717, 1.165) is 27.9 Å². The number of benzene rings is 3. The molecule has 3 aromatic rings. The van der Waals surface area contributed by atoms with Gasteiger partial charge in [-0.05, 0) is 49.6 Å². The normalized spacial score (nSPS) is 10.7. The maximum Gasteiger partial charge on any atom is 0.243 e. The SMILES string of the molecule is CC(C)Oc1ccc(NC(=O)CNc2cccc3ccccc23)cc1. The number of hydrogen-bond donors (Lipinski definition) is 2. The minimum atomic E-state index is -0.0922. The van der Waals surface area contributed by atoms with Crippen LogP contribution in [0, 0.1) is 0 Å². The van der Waals surface area contributed by atoms with Gasteiger partial charge in [-0.15, -0.1) is 0 Å². The predicted molar refractivity (Wildman–Crippen MR) is 103 cm³/mol. The Kier molecular flexibility index (Phi) is 5.19. The van der Waals surface area contributed by atoms with E-state index in [9.17, 15) is 4.79 Å². The number of carbonyl (C=O) groups excluding carboxylic acids is 1. The fourth-order valence-corrected chi connectivity index (χ4v) is 2.65. The smallest absolute Gasteiger partial charge is 0.243 e. The van der Waals surface area contributed by atoms with Gasteiger partial charge in [0.15, 0.2) is 0 Å². The Labute approximate surface area is 147 Å². The summed E-state index contributed by atoms with van der Waals surface area (Å²) in [6, 6.07) is 21.5. The van der Waals surface area contributed by atoms with E-state index in [2.05, 4.69) is 22.8 Å². The van der Waals surface area contributed by atoms with Gasteiger partial charge in [-0.3, -0.25) is 4.79 Å². The summed E-state index contributed by atoms with van der Waals surface area (Å²) in [6.45, 7) is 4.17. The van der Waals surface area contributed by atoms with Gasteiger partial charge < -0.3 is 15.4 Å². The van der Waals surface area contributed by atoms with Crippen molar-refractivity contribution < 1.29 is 9.53 Å². The molecule has 0 heterocycles. The van der Waals surface area contributed by atoms with Gasteiger partial charge in [-0.1, -0.05) is 36.4 Å². The molecule has 0 fully saturated rings. The number of nitrogens with one attached hydrogen (secondary N) is 2. The summed E-state index contributed by atoms with van der Waals surface area (Å²) in [5, 5.41) is 8.34. The second-order valence-electron chi connectivity index (χ2n) is 6.12. The molecule has 4 nitrogen and oxygen atoms in total. The summed E-state index contributed by atoms with van der Waals surface area (Å²) in [5.41, 5.74) is 1.70. The van der Waals surface area contributed by atoms with Crippen molar-refractivity contribution in [1.82, 2.24) is 0 Å². The van der Waals surface area contributed by atoms with Gasteiger partial charge in [0.1, 0.15) is 5.75 Å². The molecule has 0 spiro atoms. The number of rotatable bonds is 6. The molecule has 3 rings (SSSR count). The molecule has 3 aromatic carbocycles. The molecule has 0 aliphatic carbocycles. The fourth-order valence-electron chi connectivity index (χ4n) is 2.65. The maximum absolute atomic E-state index is 12.2. The van der Waals surface area contributed by atoms with Gasteiger partial charge in [0, 0.05) is 16.8 Å². The summed E-state index contributed by atoms with van der Waals surface area (Å²) < 4.78 is 5.60. The van der Waals surface area contributed by atoms with Crippen LogP contribution >= 0.6 is 0 Å². The van der Waals surface area contributed by atoms with Crippen LogP contribution in [0.2, 0.25) is 0 Å². The number of ether oxygens (including phenoxy) is 1. The molecule has 0 aromatic heterocycles. The number of fused-ring (bicyclic) bond motifs is 1. The van der Waals surface area contributed by atoms with E-state index in [1.807, 2.05) is 68.4 Å². The van der Waals surface area contributed by atoms with Crippen molar-refractivity contribution in [1.29, 1.82) is 0 Å². The molecule has 0 atom stereocenters. The Morgan fingerprint density at radius 2 is 1.68 bits per heavy atom. The standard InChI is InChI=1S/C21H22N2O2/c1-15(2)25-18-12-10-17(11-13-18)23-21(24)14-22-20-9-5-7-16-6-3-4-8-19(16)20/h3-13,15,22H,14H2,1-2H3,(H,23,24). The van der Waals surface area contributed by atoms with Gasteiger partial charge in [0.05, 0.1) is 12.6 Å². The first-order chi connectivity index (χ1) is 12.1. The topological polar surface area (TPSA) is 50.4 Å². The molecule has 1 amide bonds. The molecule has 0 bridgehead atoms. The minimum Gasteiger partial charge on any atom is -0.491 e. The van der Waals surface area contributed by atoms with Crippen molar-refractivity contribution in [3.8, 4) is 5.75 Å². The summed E-state index contributed by atoms with van der Waals surface area (Å²) in [4.78, 5) is 12.2. The molecular weight excluding hydrogens is 312 g/mol. The lowest BCUT2D eigenvalue weighted by molar-refractivity contribution is -0.114. The molecule has 25 heavy (non-hydrogen) atoms. The Morgan fingerprint density at radius 1 is 0.960 bits per heavy atom. The fraction of sp³-hybridized carbons (Fsp3) is 0.190. The third kappa shape index (κ3) is 4.51. The van der Waals surface area contributed by atoms with E-state index in [-0.39, 0.29) is 18.6 Å². The highest BCUT2D eigenvalue weighted by Gasteiger charge is 2.05. The van der Waals surface area contributed by atoms with E-state index < -0.39 is 0 Å². The number of anilines is 2. The molecule has 0 unspecified atom stereocenters. The van der Waals surface area contributed by atoms with Crippen LogP contribution in [0.25, 0.3) is 10.8 Å². The van der Waals surface area contributed by atoms with Crippen molar-refractivity contribution >= 4 is 28.1 Å². The third-order valence-corrected chi connectivity index (χ3v) is 3.74. The Balaban J connectivity index is 1.59. The van der Waals surface area contributed by atoms with Crippen LogP contribution in [-0.4, -0.2) is 18.6 Å². The largest absolute Gasteiger partial charge is 0.491 e. The van der Waals surface area contributed by atoms with Crippen LogP contribution < -0.4 is 15.4 Å². The van der Waals surface area contributed by atoms with Crippen molar-refractivity contribution in [3.05, 3.63) is 66.7 Å². The second kappa shape index (κ2) is 7.71. The zero-order valence-electron chi connectivity index (χ0n) is 14.5. The van der Waals surface area contributed by atoms with E-state index in [1.165, 1.54) is 0 Å². The molecule has 0 aliphatic rings. The van der Waals surface area contributed by atoms with Crippen molar-refractivity contribution in [2.24, 2.45) is 0 Å². The van der Waals surface area contributed by atoms with E-state index in [1.54, 1.807) is 0 Å². The highest BCUT2D eigenvalue weighted by Crippen LogP contribution is 2.22. The van der Waals surface area contributed by atoms with Gasteiger partial charge in [0.2, 0.25) is 5.91 Å². The average Bonchev–Trinajstić information content (AvgIpc) is 2.61. The van der Waals surface area contributed by atoms with Gasteiger partial charge in [-0.25, -0.2) is 0 Å². The van der Waals surface area contributed by atoms with Gasteiger partial charge >= 0.3 is 0 Å². The first kappa shape index (κ1) is 16.8. The van der Waals surface area contributed by atoms with Crippen molar-refractivity contribution in [2.75, 3.05) is 17.2 Å². The van der Waals surface area contributed by atoms with Crippen LogP contribution in [0.3, 0.4) is 0 Å². The number of carbonyl (C=O) groups is 1. The third-order valence-electron chi connectivity index (χ3n) is 3.74. The molecule has 0 aliphatic heterocycles. The van der Waals surface area contributed by atoms with Crippen molar-refractivity contribution in [3.63, 3.8) is 0 Å². The average molecular weight is 334 g/mol. The minimum absolute atomic E-state index is 0.0922. The molecule has 4 heteroatoms. The lowest BCUT2D eigenvalue weighted by Crippen LogP contribution is -2.21. The zero-order valence-corrected chi connectivity index (χ0v) is 14.5. The highest BCUT2D eigenvalue weighted by atomic mass is 16.5. The first-order valence-corrected chi connectivity index (χ1v) is 8.40. The Bertz CT molecular complexity index is 852. The van der Waals surface area contributed by atoms with Crippen LogP contribution in [0.1, 0.15) is 13.8 Å². The lowest BCUT2D eigenvalue weighted by atomic mass is 10.1. The Morgan fingerprint density at radius 3 is 2.44 bits per heavy atom. The van der Waals surface area contributed by atoms with Crippen molar-refractivity contribution in [2.45, 2.75) is 20.0 Å². The molecule has 2 N–H and O–H groups in total. The summed E-state index contributed by atoms with van der Waals surface area (Å²) in [5.74, 6) is 0.701. The molecule has 0 saturated carbocycles. The molecule has 0 radical (unpaired) electrons. The van der Waals surface area contributed by atoms with Gasteiger partial charge in [-0.2, -0.15) is 0 Å². The second-order valence-corrected chi connectivity index (χ2v) is 6.12. The quantitative estimate of drug-likeness (QED) is 0.688. The summed E-state index contributed by atoms with van der Waals surface area (Å²) in [6.07, 6.45) is 0.130. The lowest BCUT2D eigenvalue weighted by Gasteiger charge is -2.12. The van der Waals surface area contributed by atoms with Crippen LogP contribution in [-0.2, 0) is 4.79 Å². The highest BCUT2D eigenvalue weighted by molar-refractivity contribution is 5.97. The molecule has 0 saturated heterocycles. The first-order valence-electron chi connectivity index (χ1n) is 8.40. The predicted octanol–water partition coefficient (Wildman–Crippen LogP) is 4.68. The number of amides is 1. The van der Waals surface area contributed by atoms with E-state index >= 15 is 0 Å². The van der Waals surface area contributed by atoms with Crippen LogP contribution in [0.15, 0.2) is 66.7 Å². The van der Waals surface area contributed by atoms with E-state index in [0.29, 0.717) is 0 Å². The summed E-state index contributed by atoms with van der Waals surface area (Å²) >= 11 is 0. The van der Waals surface area contributed by atoms with Crippen LogP contribution in [0.5, 0.6) is 5.75 Å². The molecular formula is C21H22N2O2. The summed E-state index contributed by atoms with van der Waals surface area (Å²) in [7, 11) is 0. The van der Waals surface area contributed by atoms with E-state index in [4.69, 9.17) is 4.74 Å². The zero-order chi connectivity index (χ0) is 17.6. The Hall–Kier alpha value is -3.01. The monoisotopic (exact) mass is 334 g/mol.